The maximum Gasteiger partial charge on any atom is 0.236 e. The summed E-state index contributed by atoms with van der Waals surface area (Å²) in [6.45, 7) is 9.95. The van der Waals surface area contributed by atoms with Crippen LogP contribution in [0.1, 0.15) is 38.4 Å². The Labute approximate surface area is 125 Å². The van der Waals surface area contributed by atoms with Crippen LogP contribution in [0.2, 0.25) is 0 Å². The Morgan fingerprint density at radius 3 is 2.75 bits per heavy atom. The van der Waals surface area contributed by atoms with Gasteiger partial charge in [-0.15, -0.1) is 11.3 Å². The number of thiazole rings is 1. The molecule has 114 valence electrons. The molecule has 5 nitrogen and oxygen atoms in total. The molecule has 0 aromatic carbocycles. The lowest BCUT2D eigenvalue weighted by Gasteiger charge is -2.15. The number of nitrogens with one attached hydrogen (secondary N) is 2. The summed E-state index contributed by atoms with van der Waals surface area (Å²) in [5, 5.41) is 9.08. The van der Waals surface area contributed by atoms with E-state index in [9.17, 15) is 4.79 Å². The highest BCUT2D eigenvalue weighted by Gasteiger charge is 2.18. The molecule has 0 saturated heterocycles. The summed E-state index contributed by atoms with van der Waals surface area (Å²) in [5.41, 5.74) is 1.16. The summed E-state index contributed by atoms with van der Waals surface area (Å²) >= 11 is 1.63. The SMILES string of the molecule is COCCNC(=O)C(C)NCc1nc(C(C)(C)C)cs1. The molecule has 2 N–H and O–H groups in total. The second-order valence-electron chi connectivity index (χ2n) is 5.76. The van der Waals surface area contributed by atoms with Crippen LogP contribution in [-0.2, 0) is 21.5 Å². The van der Waals surface area contributed by atoms with Gasteiger partial charge in [0.05, 0.1) is 18.3 Å². The van der Waals surface area contributed by atoms with Crippen molar-refractivity contribution in [3.05, 3.63) is 16.1 Å². The summed E-state index contributed by atoms with van der Waals surface area (Å²) in [5.74, 6) is -0.0188. The predicted molar refractivity (Wildman–Crippen MR) is 82.0 cm³/mol. The highest BCUT2D eigenvalue weighted by molar-refractivity contribution is 7.09. The van der Waals surface area contributed by atoms with E-state index in [1.54, 1.807) is 18.4 Å². The van der Waals surface area contributed by atoms with Gasteiger partial charge in [0.1, 0.15) is 5.01 Å². The van der Waals surface area contributed by atoms with Crippen LogP contribution in [0.3, 0.4) is 0 Å². The van der Waals surface area contributed by atoms with Gasteiger partial charge in [-0.3, -0.25) is 10.1 Å². The molecule has 1 aromatic heterocycles. The van der Waals surface area contributed by atoms with Crippen molar-refractivity contribution < 1.29 is 9.53 Å². The number of aromatic nitrogens is 1. The second-order valence-corrected chi connectivity index (χ2v) is 6.71. The number of carbonyl (C=O) groups excluding carboxylic acids is 1. The monoisotopic (exact) mass is 299 g/mol. The molecule has 1 aromatic rings. The van der Waals surface area contributed by atoms with Crippen LogP contribution >= 0.6 is 11.3 Å². The first-order valence-corrected chi connectivity index (χ1v) is 7.67. The lowest BCUT2D eigenvalue weighted by Crippen LogP contribution is -2.42. The van der Waals surface area contributed by atoms with E-state index >= 15 is 0 Å². The van der Waals surface area contributed by atoms with Gasteiger partial charge in [-0.2, -0.15) is 0 Å². The van der Waals surface area contributed by atoms with Gasteiger partial charge in [0, 0.05) is 31.0 Å². The minimum absolute atomic E-state index is 0.0188. The molecule has 0 aliphatic rings. The van der Waals surface area contributed by atoms with E-state index in [1.165, 1.54) is 0 Å². The number of methoxy groups -OCH3 is 1. The molecule has 1 heterocycles. The van der Waals surface area contributed by atoms with E-state index in [1.807, 2.05) is 6.92 Å². The molecule has 1 rings (SSSR count). The van der Waals surface area contributed by atoms with Gasteiger partial charge >= 0.3 is 0 Å². The van der Waals surface area contributed by atoms with E-state index in [0.717, 1.165) is 10.7 Å². The van der Waals surface area contributed by atoms with Crippen LogP contribution < -0.4 is 10.6 Å². The molecule has 0 bridgehead atoms. The average molecular weight is 299 g/mol. The lowest BCUT2D eigenvalue weighted by atomic mass is 9.93. The molecule has 0 fully saturated rings. The van der Waals surface area contributed by atoms with Crippen molar-refractivity contribution in [2.75, 3.05) is 20.3 Å². The normalized spacial score (nSPS) is 13.2. The Kier molecular flexibility index (Phi) is 6.58. The van der Waals surface area contributed by atoms with Gasteiger partial charge < -0.3 is 10.1 Å². The van der Waals surface area contributed by atoms with Gasteiger partial charge in [0.2, 0.25) is 5.91 Å². The van der Waals surface area contributed by atoms with Gasteiger partial charge in [0.15, 0.2) is 0 Å². The van der Waals surface area contributed by atoms with Crippen molar-refractivity contribution in [3.8, 4) is 0 Å². The van der Waals surface area contributed by atoms with Crippen molar-refractivity contribution >= 4 is 17.2 Å². The van der Waals surface area contributed by atoms with E-state index in [-0.39, 0.29) is 17.4 Å². The molecular formula is C14H25N3O2S. The molecule has 6 heteroatoms. The number of amides is 1. The van der Waals surface area contributed by atoms with Crippen molar-refractivity contribution in [3.63, 3.8) is 0 Å². The Morgan fingerprint density at radius 2 is 2.20 bits per heavy atom. The molecule has 1 unspecified atom stereocenters. The van der Waals surface area contributed by atoms with Crippen molar-refractivity contribution in [2.24, 2.45) is 0 Å². The van der Waals surface area contributed by atoms with E-state index < -0.39 is 0 Å². The number of ether oxygens (including phenoxy) is 1. The minimum atomic E-state index is -0.242. The smallest absolute Gasteiger partial charge is 0.236 e. The highest BCUT2D eigenvalue weighted by atomic mass is 32.1. The van der Waals surface area contributed by atoms with Crippen LogP contribution in [0.5, 0.6) is 0 Å². The molecule has 0 aliphatic heterocycles. The van der Waals surface area contributed by atoms with Gasteiger partial charge in [-0.1, -0.05) is 20.8 Å². The molecule has 20 heavy (non-hydrogen) atoms. The number of nitrogens with zero attached hydrogens (tertiary/aromatic N) is 1. The zero-order valence-corrected chi connectivity index (χ0v) is 13.8. The Bertz CT molecular complexity index is 426. The van der Waals surface area contributed by atoms with E-state index in [2.05, 4.69) is 41.8 Å². The minimum Gasteiger partial charge on any atom is -0.383 e. The molecule has 0 radical (unpaired) electrons. The van der Waals surface area contributed by atoms with Crippen molar-refractivity contribution in [1.29, 1.82) is 0 Å². The number of hydrogen-bond donors (Lipinski definition) is 2. The second kappa shape index (κ2) is 7.71. The summed E-state index contributed by atoms with van der Waals surface area (Å²) in [7, 11) is 1.61. The van der Waals surface area contributed by atoms with Crippen LogP contribution in [0.4, 0.5) is 0 Å². The van der Waals surface area contributed by atoms with Crippen LogP contribution in [0, 0.1) is 0 Å². The molecule has 0 aliphatic carbocycles. The fraction of sp³-hybridized carbons (Fsp3) is 0.714. The number of rotatable bonds is 7. The Balaban J connectivity index is 2.39. The Hall–Kier alpha value is -0.980. The fourth-order valence-electron chi connectivity index (χ4n) is 1.50. The first-order chi connectivity index (χ1) is 9.34. The first-order valence-electron chi connectivity index (χ1n) is 6.79. The average Bonchev–Trinajstić information content (AvgIpc) is 2.84. The van der Waals surface area contributed by atoms with E-state index in [0.29, 0.717) is 19.7 Å². The summed E-state index contributed by atoms with van der Waals surface area (Å²) in [6.07, 6.45) is 0. The zero-order chi connectivity index (χ0) is 15.2. The third-order valence-electron chi connectivity index (χ3n) is 2.88. The summed E-state index contributed by atoms with van der Waals surface area (Å²) < 4.78 is 4.89. The molecular weight excluding hydrogens is 274 g/mol. The van der Waals surface area contributed by atoms with Crippen LogP contribution in [0.15, 0.2) is 5.38 Å². The first kappa shape index (κ1) is 17.1. The maximum absolute atomic E-state index is 11.8. The molecule has 1 atom stereocenters. The third-order valence-corrected chi connectivity index (χ3v) is 3.73. The maximum atomic E-state index is 11.8. The lowest BCUT2D eigenvalue weighted by molar-refractivity contribution is -0.122. The number of carbonyl (C=O) groups is 1. The topological polar surface area (TPSA) is 63.2 Å². The molecule has 1 amide bonds. The van der Waals surface area contributed by atoms with Gasteiger partial charge in [0.25, 0.3) is 0 Å². The zero-order valence-electron chi connectivity index (χ0n) is 12.9. The van der Waals surface area contributed by atoms with Gasteiger partial charge in [-0.05, 0) is 6.92 Å². The van der Waals surface area contributed by atoms with E-state index in [4.69, 9.17) is 4.74 Å². The highest BCUT2D eigenvalue weighted by Crippen LogP contribution is 2.23. The largest absolute Gasteiger partial charge is 0.383 e. The number of hydrogen-bond acceptors (Lipinski definition) is 5. The Morgan fingerprint density at radius 1 is 1.50 bits per heavy atom. The molecule has 0 spiro atoms. The van der Waals surface area contributed by atoms with Crippen LogP contribution in [0.25, 0.3) is 0 Å². The fourth-order valence-corrected chi connectivity index (χ4v) is 2.47. The van der Waals surface area contributed by atoms with Crippen molar-refractivity contribution in [1.82, 2.24) is 15.6 Å². The molecule has 0 saturated carbocycles. The standard InChI is InChI=1S/C14H25N3O2S/c1-10(13(18)15-6-7-19-5)16-8-12-17-11(9-20-12)14(2,3)4/h9-10,16H,6-8H2,1-5H3,(H,15,18). The van der Waals surface area contributed by atoms with Gasteiger partial charge in [-0.25, -0.2) is 4.98 Å². The van der Waals surface area contributed by atoms with Crippen LogP contribution in [-0.4, -0.2) is 37.2 Å². The van der Waals surface area contributed by atoms with Crippen molar-refractivity contribution in [2.45, 2.75) is 45.7 Å². The third kappa shape index (κ3) is 5.56. The quantitative estimate of drug-likeness (QED) is 0.752. The summed E-state index contributed by atoms with van der Waals surface area (Å²) in [4.78, 5) is 16.3. The predicted octanol–water partition coefficient (Wildman–Crippen LogP) is 1.68. The summed E-state index contributed by atoms with van der Waals surface area (Å²) in [6, 6.07) is -0.242.